The second-order valence-corrected chi connectivity index (χ2v) is 12.7. The molecule has 0 radical (unpaired) electrons. The molecule has 0 aliphatic carbocycles. The Balaban J connectivity index is 1.73. The fourth-order valence-electron chi connectivity index (χ4n) is 3.25. The summed E-state index contributed by atoms with van der Waals surface area (Å²) in [6.45, 7) is 0. The number of rotatable bonds is 8. The van der Waals surface area contributed by atoms with Crippen molar-refractivity contribution in [3.05, 3.63) is 56.2 Å². The fraction of sp³-hybridized carbons (Fsp3) is 0.174. The van der Waals surface area contributed by atoms with Crippen LogP contribution < -0.4 is 0 Å². The molecule has 4 aromatic heterocycles. The Hall–Kier alpha value is -2.31. The van der Waals surface area contributed by atoms with E-state index >= 15 is 0 Å². The maximum atomic E-state index is 12.1. The number of esters is 2. The van der Waals surface area contributed by atoms with Gasteiger partial charge >= 0.3 is 17.9 Å². The number of hydrogen-bond donors (Lipinski definition) is 1. The van der Waals surface area contributed by atoms with Crippen molar-refractivity contribution >= 4 is 79.2 Å². The van der Waals surface area contributed by atoms with E-state index in [9.17, 15) is 19.5 Å². The van der Waals surface area contributed by atoms with Crippen LogP contribution in [0.1, 0.15) is 20.8 Å². The zero-order chi connectivity index (χ0) is 24.4. The molecule has 0 bridgehead atoms. The Labute approximate surface area is 219 Å². The smallest absolute Gasteiger partial charge is 0.345 e. The number of carbonyl (C=O) groups is 3. The molecule has 4 aromatic rings. The van der Waals surface area contributed by atoms with Crippen molar-refractivity contribution in [3.8, 4) is 29.3 Å². The van der Waals surface area contributed by atoms with Crippen LogP contribution in [0.5, 0.6) is 0 Å². The molecule has 0 spiro atoms. The van der Waals surface area contributed by atoms with Gasteiger partial charge in [-0.1, -0.05) is 0 Å². The van der Waals surface area contributed by atoms with E-state index < -0.39 is 5.97 Å². The van der Waals surface area contributed by atoms with Gasteiger partial charge in [0.2, 0.25) is 0 Å². The number of methoxy groups -OCH3 is 2. The predicted molar refractivity (Wildman–Crippen MR) is 140 cm³/mol. The molecule has 1 N–H and O–H groups in total. The molecule has 0 aliphatic heterocycles. The molecule has 34 heavy (non-hydrogen) atoms. The monoisotopic (exact) mass is 596 g/mol. The van der Waals surface area contributed by atoms with Gasteiger partial charge < -0.3 is 14.6 Å². The molecular weight excluding hydrogens is 580 g/mol. The van der Waals surface area contributed by atoms with Crippen LogP contribution in [0.3, 0.4) is 0 Å². The van der Waals surface area contributed by atoms with Crippen molar-refractivity contribution in [2.45, 2.75) is 12.8 Å². The lowest BCUT2D eigenvalue weighted by Crippen LogP contribution is -2.04. The fourth-order valence-corrected chi connectivity index (χ4v) is 8.32. The van der Waals surface area contributed by atoms with Gasteiger partial charge in [0.25, 0.3) is 0 Å². The van der Waals surface area contributed by atoms with Crippen molar-refractivity contribution in [1.29, 1.82) is 0 Å². The predicted octanol–water partition coefficient (Wildman–Crippen LogP) is 6.83. The highest BCUT2D eigenvalue weighted by Crippen LogP contribution is 2.46. The maximum Gasteiger partial charge on any atom is 0.345 e. The van der Waals surface area contributed by atoms with E-state index in [4.69, 9.17) is 9.47 Å². The summed E-state index contributed by atoms with van der Waals surface area (Å²) in [5, 5.41) is 9.26. The highest BCUT2D eigenvalue weighted by Gasteiger charge is 2.21. The number of carboxylic acid groups (broad SMARTS) is 1. The molecule has 4 rings (SSSR count). The van der Waals surface area contributed by atoms with Crippen LogP contribution in [0.25, 0.3) is 29.3 Å². The number of carbonyl (C=O) groups excluding carboxylic acids is 2. The molecule has 6 nitrogen and oxygen atoms in total. The summed E-state index contributed by atoms with van der Waals surface area (Å²) in [5.41, 5.74) is 1.71. The molecular formula is C23H17BrO6S4. The Bertz CT molecular complexity index is 1380. The first kappa shape index (κ1) is 24.8. The summed E-state index contributed by atoms with van der Waals surface area (Å²) in [5.74, 6) is -1.61. The van der Waals surface area contributed by atoms with Gasteiger partial charge in [-0.05, 0) is 63.5 Å². The van der Waals surface area contributed by atoms with E-state index in [0.717, 1.165) is 44.2 Å². The number of halogens is 1. The number of hydrogen-bond acceptors (Lipinski definition) is 9. The zero-order valence-electron chi connectivity index (χ0n) is 17.9. The Morgan fingerprint density at radius 1 is 0.765 bits per heavy atom. The Morgan fingerprint density at radius 3 is 1.88 bits per heavy atom. The number of carboxylic acids is 1. The Kier molecular flexibility index (Phi) is 7.68. The lowest BCUT2D eigenvalue weighted by molar-refractivity contribution is -0.140. The molecule has 0 saturated heterocycles. The highest BCUT2D eigenvalue weighted by molar-refractivity contribution is 9.11. The first-order valence-electron chi connectivity index (χ1n) is 9.77. The van der Waals surface area contributed by atoms with E-state index in [-0.39, 0.29) is 29.7 Å². The first-order chi connectivity index (χ1) is 16.3. The van der Waals surface area contributed by atoms with Crippen molar-refractivity contribution in [2.75, 3.05) is 14.2 Å². The Morgan fingerprint density at radius 2 is 1.32 bits per heavy atom. The summed E-state index contributed by atoms with van der Waals surface area (Å²) < 4.78 is 10.6. The van der Waals surface area contributed by atoms with E-state index in [2.05, 4.69) is 15.9 Å². The van der Waals surface area contributed by atoms with Crippen molar-refractivity contribution in [2.24, 2.45) is 0 Å². The molecule has 4 heterocycles. The zero-order valence-corrected chi connectivity index (χ0v) is 22.7. The van der Waals surface area contributed by atoms with Gasteiger partial charge in [-0.25, -0.2) is 4.79 Å². The molecule has 0 atom stereocenters. The maximum absolute atomic E-state index is 12.1. The van der Waals surface area contributed by atoms with Gasteiger partial charge in [0.05, 0.1) is 30.8 Å². The van der Waals surface area contributed by atoms with Gasteiger partial charge in [0.15, 0.2) is 0 Å². The molecule has 0 unspecified atom stereocenters. The van der Waals surface area contributed by atoms with Gasteiger partial charge in [-0.15, -0.1) is 45.3 Å². The SMILES string of the molecule is COC(=O)Cc1cc(Br)sc1-c1ccc(-c2sc(-c3ccc(C(=O)O)s3)cc2CC(=O)OC)s1. The van der Waals surface area contributed by atoms with Gasteiger partial charge in [-0.3, -0.25) is 9.59 Å². The third-order valence-corrected chi connectivity index (χ3v) is 10.4. The van der Waals surface area contributed by atoms with Gasteiger partial charge in [0, 0.05) is 29.3 Å². The largest absolute Gasteiger partial charge is 0.477 e. The lowest BCUT2D eigenvalue weighted by Gasteiger charge is -2.01. The summed E-state index contributed by atoms with van der Waals surface area (Å²) >= 11 is 9.35. The molecule has 0 fully saturated rings. The molecule has 0 amide bonds. The van der Waals surface area contributed by atoms with E-state index in [1.54, 1.807) is 34.8 Å². The molecule has 176 valence electrons. The number of thiophene rings is 4. The van der Waals surface area contributed by atoms with E-state index in [1.807, 2.05) is 24.3 Å². The van der Waals surface area contributed by atoms with E-state index in [1.165, 1.54) is 36.9 Å². The molecule has 0 aromatic carbocycles. The summed E-state index contributed by atoms with van der Waals surface area (Å²) in [6, 6.07) is 11.2. The van der Waals surface area contributed by atoms with Crippen LogP contribution in [0.15, 0.2) is 40.2 Å². The molecule has 0 saturated carbocycles. The average Bonchev–Trinajstić information content (AvgIpc) is 3.59. The van der Waals surface area contributed by atoms with E-state index in [0.29, 0.717) is 0 Å². The lowest BCUT2D eigenvalue weighted by atomic mass is 10.1. The minimum absolute atomic E-state index is 0.116. The number of aromatic carboxylic acids is 1. The normalized spacial score (nSPS) is 10.9. The summed E-state index contributed by atoms with van der Waals surface area (Å²) in [4.78, 5) is 41.1. The van der Waals surface area contributed by atoms with Crippen molar-refractivity contribution in [3.63, 3.8) is 0 Å². The number of ether oxygens (including phenoxy) is 2. The molecule has 0 aliphatic rings. The summed E-state index contributed by atoms with van der Waals surface area (Å²) in [6.07, 6.45) is 0.299. The standard InChI is InChI=1S/C23H17BrO6S4/c1-29-19(25)9-11-7-17(13-3-6-16(31-13)23(27)28)33-21(11)14-4-5-15(32-14)22-12(8-18(24)34-22)10-20(26)30-2/h3-8H,9-10H2,1-2H3,(H,27,28). The van der Waals surface area contributed by atoms with Gasteiger partial charge in [0.1, 0.15) is 4.88 Å². The minimum Gasteiger partial charge on any atom is -0.477 e. The van der Waals surface area contributed by atoms with Crippen LogP contribution in [-0.4, -0.2) is 37.2 Å². The summed E-state index contributed by atoms with van der Waals surface area (Å²) in [7, 11) is 2.73. The second kappa shape index (κ2) is 10.5. The second-order valence-electron chi connectivity index (χ2n) is 7.01. The van der Waals surface area contributed by atoms with Crippen LogP contribution in [0.4, 0.5) is 0 Å². The highest BCUT2D eigenvalue weighted by atomic mass is 79.9. The first-order valence-corrected chi connectivity index (χ1v) is 13.8. The third kappa shape index (κ3) is 5.33. The van der Waals surface area contributed by atoms with Gasteiger partial charge in [-0.2, -0.15) is 0 Å². The van der Waals surface area contributed by atoms with Crippen LogP contribution in [0, 0.1) is 0 Å². The average molecular weight is 598 g/mol. The van der Waals surface area contributed by atoms with Crippen molar-refractivity contribution in [1.82, 2.24) is 0 Å². The van der Waals surface area contributed by atoms with Crippen molar-refractivity contribution < 1.29 is 29.0 Å². The third-order valence-electron chi connectivity index (χ3n) is 4.83. The quantitative estimate of drug-likeness (QED) is 0.224. The molecule has 11 heteroatoms. The minimum atomic E-state index is -0.962. The van der Waals surface area contributed by atoms with Crippen LogP contribution >= 0.6 is 61.3 Å². The van der Waals surface area contributed by atoms with Crippen LogP contribution in [0.2, 0.25) is 0 Å². The topological polar surface area (TPSA) is 89.9 Å². The van der Waals surface area contributed by atoms with Crippen LogP contribution in [-0.2, 0) is 31.9 Å².